The van der Waals surface area contributed by atoms with E-state index in [2.05, 4.69) is 42.0 Å². The van der Waals surface area contributed by atoms with Crippen molar-refractivity contribution in [1.29, 1.82) is 0 Å². The quantitative estimate of drug-likeness (QED) is 0.693. The second kappa shape index (κ2) is 7.22. The number of fused-ring (bicyclic) bond motifs is 1. The van der Waals surface area contributed by atoms with E-state index in [0.29, 0.717) is 10.8 Å². The molecule has 4 rings (SSSR count). The summed E-state index contributed by atoms with van der Waals surface area (Å²) in [5.74, 6) is 1.72. The van der Waals surface area contributed by atoms with Crippen molar-refractivity contribution >= 4 is 28.3 Å². The maximum atomic E-state index is 6.41. The zero-order chi connectivity index (χ0) is 18.1. The number of likely N-dealkylation sites (N-methyl/N-ethyl adjacent to an activating group) is 1. The minimum atomic E-state index is 0.682. The molecule has 0 amide bonds. The molecule has 1 aliphatic rings. The molecule has 26 heavy (non-hydrogen) atoms. The van der Waals surface area contributed by atoms with Crippen LogP contribution in [0.5, 0.6) is 0 Å². The normalized spacial score (nSPS) is 15.6. The molecule has 1 aliphatic heterocycles. The summed E-state index contributed by atoms with van der Waals surface area (Å²) in [6.45, 7) is 6.21. The molecule has 0 aliphatic carbocycles. The molecule has 2 heterocycles. The highest BCUT2D eigenvalue weighted by atomic mass is 35.5. The maximum absolute atomic E-state index is 6.41. The smallest absolute Gasteiger partial charge is 0.163 e. The fourth-order valence-corrected chi connectivity index (χ4v) is 3.62. The van der Waals surface area contributed by atoms with Gasteiger partial charge in [-0.25, -0.2) is 9.97 Å². The third kappa shape index (κ3) is 3.27. The fourth-order valence-electron chi connectivity index (χ4n) is 3.40. The van der Waals surface area contributed by atoms with E-state index in [1.165, 1.54) is 5.56 Å². The Balaban J connectivity index is 1.89. The van der Waals surface area contributed by atoms with Crippen molar-refractivity contribution in [2.45, 2.75) is 13.3 Å². The van der Waals surface area contributed by atoms with Crippen molar-refractivity contribution in [2.75, 3.05) is 38.1 Å². The monoisotopic (exact) mass is 366 g/mol. The van der Waals surface area contributed by atoms with Crippen LogP contribution in [0, 0.1) is 0 Å². The summed E-state index contributed by atoms with van der Waals surface area (Å²) in [5.41, 5.74) is 3.16. The summed E-state index contributed by atoms with van der Waals surface area (Å²) >= 11 is 6.41. The highest BCUT2D eigenvalue weighted by Crippen LogP contribution is 2.31. The first-order chi connectivity index (χ1) is 12.7. The van der Waals surface area contributed by atoms with Gasteiger partial charge in [-0.3, -0.25) is 0 Å². The predicted octanol–water partition coefficient (Wildman–Crippen LogP) is 4.26. The van der Waals surface area contributed by atoms with Crippen LogP contribution in [0.3, 0.4) is 0 Å². The van der Waals surface area contributed by atoms with Crippen molar-refractivity contribution in [3.05, 3.63) is 53.1 Å². The largest absolute Gasteiger partial charge is 0.353 e. The van der Waals surface area contributed by atoms with Gasteiger partial charge in [-0.05, 0) is 43.3 Å². The van der Waals surface area contributed by atoms with Crippen LogP contribution >= 0.6 is 11.6 Å². The standard InChI is InChI=1S/C21H23ClN4/c1-3-15-8-9-19-17(14-15)21(26-12-10-25(2)11-13-26)24-20(23-19)16-6-4-5-7-18(16)22/h4-9,14H,3,10-13H2,1-2H3. The van der Waals surface area contributed by atoms with Gasteiger partial charge < -0.3 is 9.80 Å². The summed E-state index contributed by atoms with van der Waals surface area (Å²) < 4.78 is 0. The highest BCUT2D eigenvalue weighted by Gasteiger charge is 2.20. The molecular weight excluding hydrogens is 344 g/mol. The van der Waals surface area contributed by atoms with E-state index in [0.717, 1.165) is 54.9 Å². The van der Waals surface area contributed by atoms with Crippen LogP contribution in [0.4, 0.5) is 5.82 Å². The van der Waals surface area contributed by atoms with E-state index < -0.39 is 0 Å². The third-order valence-electron chi connectivity index (χ3n) is 5.07. The van der Waals surface area contributed by atoms with Gasteiger partial charge in [0.2, 0.25) is 0 Å². The molecule has 2 aromatic carbocycles. The van der Waals surface area contributed by atoms with E-state index in [4.69, 9.17) is 21.6 Å². The molecule has 0 saturated carbocycles. The lowest BCUT2D eigenvalue weighted by Gasteiger charge is -2.34. The van der Waals surface area contributed by atoms with Crippen LogP contribution in [0.15, 0.2) is 42.5 Å². The van der Waals surface area contributed by atoms with Gasteiger partial charge in [0.15, 0.2) is 5.82 Å². The third-order valence-corrected chi connectivity index (χ3v) is 5.40. The highest BCUT2D eigenvalue weighted by molar-refractivity contribution is 6.33. The Bertz CT molecular complexity index is 932. The Morgan fingerprint density at radius 3 is 2.50 bits per heavy atom. The summed E-state index contributed by atoms with van der Waals surface area (Å²) in [7, 11) is 2.17. The van der Waals surface area contributed by atoms with Crippen molar-refractivity contribution in [1.82, 2.24) is 14.9 Å². The molecule has 1 fully saturated rings. The van der Waals surface area contributed by atoms with Gasteiger partial charge >= 0.3 is 0 Å². The van der Waals surface area contributed by atoms with Gasteiger partial charge in [-0.15, -0.1) is 0 Å². The average Bonchev–Trinajstić information content (AvgIpc) is 2.68. The molecule has 4 nitrogen and oxygen atoms in total. The second-order valence-electron chi connectivity index (χ2n) is 6.85. The van der Waals surface area contributed by atoms with Crippen molar-refractivity contribution in [3.8, 4) is 11.4 Å². The first-order valence-corrected chi connectivity index (χ1v) is 9.52. The van der Waals surface area contributed by atoms with Gasteiger partial charge in [-0.1, -0.05) is 36.7 Å². The lowest BCUT2D eigenvalue weighted by atomic mass is 10.1. The topological polar surface area (TPSA) is 32.3 Å². The minimum Gasteiger partial charge on any atom is -0.353 e. The maximum Gasteiger partial charge on any atom is 0.163 e. The molecule has 134 valence electrons. The SMILES string of the molecule is CCc1ccc2nc(-c3ccccc3Cl)nc(N3CCN(C)CC3)c2c1. The van der Waals surface area contributed by atoms with Gasteiger partial charge in [0.1, 0.15) is 5.82 Å². The van der Waals surface area contributed by atoms with Crippen LogP contribution in [0.1, 0.15) is 12.5 Å². The number of hydrogen-bond donors (Lipinski definition) is 0. The summed E-state index contributed by atoms with van der Waals surface area (Å²) in [4.78, 5) is 14.5. The first-order valence-electron chi connectivity index (χ1n) is 9.15. The van der Waals surface area contributed by atoms with Gasteiger partial charge in [0.25, 0.3) is 0 Å². The van der Waals surface area contributed by atoms with E-state index in [1.54, 1.807) is 0 Å². The van der Waals surface area contributed by atoms with Crippen molar-refractivity contribution in [2.24, 2.45) is 0 Å². The fraction of sp³-hybridized carbons (Fsp3) is 0.333. The minimum absolute atomic E-state index is 0.682. The number of rotatable bonds is 3. The van der Waals surface area contributed by atoms with E-state index in [1.807, 2.05) is 24.3 Å². The summed E-state index contributed by atoms with van der Waals surface area (Å²) in [6, 6.07) is 14.3. The van der Waals surface area contributed by atoms with Crippen LogP contribution < -0.4 is 4.90 Å². The van der Waals surface area contributed by atoms with E-state index in [-0.39, 0.29) is 0 Å². The Kier molecular flexibility index (Phi) is 4.79. The van der Waals surface area contributed by atoms with Gasteiger partial charge in [0.05, 0.1) is 10.5 Å². The number of aryl methyl sites for hydroxylation is 1. The molecule has 5 heteroatoms. The number of anilines is 1. The molecular formula is C21H23ClN4. The molecule has 0 unspecified atom stereocenters. The van der Waals surface area contributed by atoms with Gasteiger partial charge in [0, 0.05) is 37.1 Å². The van der Waals surface area contributed by atoms with Crippen LogP contribution in [-0.4, -0.2) is 48.1 Å². The van der Waals surface area contributed by atoms with Crippen molar-refractivity contribution in [3.63, 3.8) is 0 Å². The van der Waals surface area contributed by atoms with Crippen LogP contribution in [0.2, 0.25) is 5.02 Å². The molecule has 0 spiro atoms. The van der Waals surface area contributed by atoms with Crippen molar-refractivity contribution < 1.29 is 0 Å². The molecule has 0 atom stereocenters. The lowest BCUT2D eigenvalue weighted by Crippen LogP contribution is -2.45. The Morgan fingerprint density at radius 1 is 1.00 bits per heavy atom. The van der Waals surface area contributed by atoms with Crippen LogP contribution in [-0.2, 0) is 6.42 Å². The lowest BCUT2D eigenvalue weighted by molar-refractivity contribution is 0.312. The number of nitrogens with zero attached hydrogens (tertiary/aromatic N) is 4. The average molecular weight is 367 g/mol. The molecule has 3 aromatic rings. The number of hydrogen-bond acceptors (Lipinski definition) is 4. The number of halogens is 1. The number of piperazine rings is 1. The first kappa shape index (κ1) is 17.3. The zero-order valence-electron chi connectivity index (χ0n) is 15.2. The molecule has 0 radical (unpaired) electrons. The second-order valence-corrected chi connectivity index (χ2v) is 7.25. The number of benzene rings is 2. The summed E-state index contributed by atoms with van der Waals surface area (Å²) in [6.07, 6.45) is 1.00. The molecule has 1 aromatic heterocycles. The van der Waals surface area contributed by atoms with E-state index >= 15 is 0 Å². The van der Waals surface area contributed by atoms with Gasteiger partial charge in [-0.2, -0.15) is 0 Å². The Hall–Kier alpha value is -2.17. The Labute approximate surface area is 159 Å². The Morgan fingerprint density at radius 2 is 1.77 bits per heavy atom. The summed E-state index contributed by atoms with van der Waals surface area (Å²) in [5, 5.41) is 1.81. The predicted molar refractivity (Wildman–Crippen MR) is 109 cm³/mol. The van der Waals surface area contributed by atoms with E-state index in [9.17, 15) is 0 Å². The van der Waals surface area contributed by atoms with Crippen LogP contribution in [0.25, 0.3) is 22.3 Å². The molecule has 0 bridgehead atoms. The number of aromatic nitrogens is 2. The zero-order valence-corrected chi connectivity index (χ0v) is 16.0. The molecule has 0 N–H and O–H groups in total. The molecule has 1 saturated heterocycles.